The first-order valence-corrected chi connectivity index (χ1v) is 7.25. The van der Waals surface area contributed by atoms with E-state index in [-0.39, 0.29) is 5.82 Å². The van der Waals surface area contributed by atoms with Gasteiger partial charge in [0.15, 0.2) is 0 Å². The Morgan fingerprint density at radius 2 is 2.00 bits per heavy atom. The Balaban J connectivity index is 1.83. The van der Waals surface area contributed by atoms with E-state index in [2.05, 4.69) is 12.2 Å². The highest BCUT2D eigenvalue weighted by atomic mass is 19.1. The highest BCUT2D eigenvalue weighted by molar-refractivity contribution is 5.16. The smallest absolute Gasteiger partial charge is 0.123 e. The number of hydrogen-bond donors (Lipinski definition) is 1. The van der Waals surface area contributed by atoms with Crippen LogP contribution in [-0.2, 0) is 6.42 Å². The molecule has 0 radical (unpaired) electrons. The summed E-state index contributed by atoms with van der Waals surface area (Å²) < 4.78 is 12.9. The number of benzene rings is 1. The largest absolute Gasteiger partial charge is 0.314 e. The molecule has 2 atom stereocenters. The van der Waals surface area contributed by atoms with Crippen LogP contribution in [0, 0.1) is 11.7 Å². The van der Waals surface area contributed by atoms with Crippen molar-refractivity contribution < 1.29 is 4.39 Å². The molecule has 1 N–H and O–H groups in total. The number of rotatable bonds is 5. The van der Waals surface area contributed by atoms with E-state index < -0.39 is 0 Å². The predicted octanol–water partition coefficient (Wildman–Crippen LogP) is 3.93. The van der Waals surface area contributed by atoms with Gasteiger partial charge in [0.1, 0.15) is 5.82 Å². The van der Waals surface area contributed by atoms with Crippen molar-refractivity contribution in [2.75, 3.05) is 6.54 Å². The molecule has 1 aromatic carbocycles. The SMILES string of the molecule is CCCNC1CCCC(Cc2ccc(F)cc2)C1. The first-order chi connectivity index (χ1) is 8.78. The van der Waals surface area contributed by atoms with E-state index in [0.29, 0.717) is 6.04 Å². The summed E-state index contributed by atoms with van der Waals surface area (Å²) in [5.41, 5.74) is 1.28. The van der Waals surface area contributed by atoms with Crippen LogP contribution in [0.2, 0.25) is 0 Å². The number of hydrogen-bond acceptors (Lipinski definition) is 1. The lowest BCUT2D eigenvalue weighted by Crippen LogP contribution is -2.35. The topological polar surface area (TPSA) is 12.0 Å². The number of nitrogens with one attached hydrogen (secondary N) is 1. The molecular weight excluding hydrogens is 225 g/mol. The van der Waals surface area contributed by atoms with Crippen LogP contribution in [0.4, 0.5) is 4.39 Å². The lowest BCUT2D eigenvalue weighted by molar-refractivity contribution is 0.284. The Morgan fingerprint density at radius 3 is 2.72 bits per heavy atom. The maximum absolute atomic E-state index is 12.9. The number of halogens is 1. The average Bonchev–Trinajstić information content (AvgIpc) is 2.40. The molecule has 2 unspecified atom stereocenters. The van der Waals surface area contributed by atoms with Gasteiger partial charge in [0, 0.05) is 6.04 Å². The summed E-state index contributed by atoms with van der Waals surface area (Å²) in [6, 6.07) is 7.71. The summed E-state index contributed by atoms with van der Waals surface area (Å²) in [5.74, 6) is 0.628. The Morgan fingerprint density at radius 1 is 1.22 bits per heavy atom. The minimum atomic E-state index is -0.134. The second-order valence-corrected chi connectivity index (χ2v) is 5.51. The summed E-state index contributed by atoms with van der Waals surface area (Å²) in [7, 11) is 0. The molecule has 0 aromatic heterocycles. The van der Waals surface area contributed by atoms with Crippen molar-refractivity contribution in [3.63, 3.8) is 0 Å². The lowest BCUT2D eigenvalue weighted by atomic mass is 9.82. The summed E-state index contributed by atoms with van der Waals surface area (Å²) in [5, 5.41) is 3.64. The van der Waals surface area contributed by atoms with Gasteiger partial charge >= 0.3 is 0 Å². The van der Waals surface area contributed by atoms with Crippen molar-refractivity contribution in [1.82, 2.24) is 5.32 Å². The molecule has 0 spiro atoms. The van der Waals surface area contributed by atoms with Crippen molar-refractivity contribution in [1.29, 1.82) is 0 Å². The fourth-order valence-electron chi connectivity index (χ4n) is 2.96. The Labute approximate surface area is 110 Å². The Hall–Kier alpha value is -0.890. The fraction of sp³-hybridized carbons (Fsp3) is 0.625. The zero-order valence-corrected chi connectivity index (χ0v) is 11.3. The third-order valence-corrected chi connectivity index (χ3v) is 3.90. The molecule has 1 nitrogen and oxygen atoms in total. The Kier molecular flexibility index (Phi) is 5.18. The molecule has 1 aromatic rings. The quantitative estimate of drug-likeness (QED) is 0.834. The minimum absolute atomic E-state index is 0.134. The van der Waals surface area contributed by atoms with Gasteiger partial charge in [-0.3, -0.25) is 0 Å². The van der Waals surface area contributed by atoms with Crippen LogP contribution < -0.4 is 5.32 Å². The normalized spacial score (nSPS) is 24.1. The minimum Gasteiger partial charge on any atom is -0.314 e. The molecule has 1 aliphatic rings. The van der Waals surface area contributed by atoms with Gasteiger partial charge in [-0.2, -0.15) is 0 Å². The van der Waals surface area contributed by atoms with Crippen molar-refractivity contribution in [3.05, 3.63) is 35.6 Å². The van der Waals surface area contributed by atoms with E-state index in [1.807, 2.05) is 12.1 Å². The zero-order chi connectivity index (χ0) is 12.8. The van der Waals surface area contributed by atoms with Crippen LogP contribution in [-0.4, -0.2) is 12.6 Å². The van der Waals surface area contributed by atoms with E-state index >= 15 is 0 Å². The van der Waals surface area contributed by atoms with Crippen LogP contribution in [0.15, 0.2) is 24.3 Å². The van der Waals surface area contributed by atoms with Crippen LogP contribution in [0.3, 0.4) is 0 Å². The Bertz CT molecular complexity index is 347. The van der Waals surface area contributed by atoms with E-state index in [1.165, 1.54) is 37.7 Å². The van der Waals surface area contributed by atoms with Gasteiger partial charge < -0.3 is 5.32 Å². The molecule has 1 aliphatic carbocycles. The van der Waals surface area contributed by atoms with Crippen molar-refractivity contribution in [3.8, 4) is 0 Å². The molecule has 0 bridgehead atoms. The van der Waals surface area contributed by atoms with Crippen LogP contribution in [0.25, 0.3) is 0 Å². The van der Waals surface area contributed by atoms with E-state index in [4.69, 9.17) is 0 Å². The van der Waals surface area contributed by atoms with E-state index in [0.717, 1.165) is 18.9 Å². The van der Waals surface area contributed by atoms with Gasteiger partial charge in [0.25, 0.3) is 0 Å². The molecule has 100 valence electrons. The predicted molar refractivity (Wildman–Crippen MR) is 74.1 cm³/mol. The maximum atomic E-state index is 12.9. The molecule has 2 rings (SSSR count). The van der Waals surface area contributed by atoms with Crippen molar-refractivity contribution in [2.45, 2.75) is 51.5 Å². The molecule has 2 heteroatoms. The van der Waals surface area contributed by atoms with Gasteiger partial charge in [-0.1, -0.05) is 31.9 Å². The van der Waals surface area contributed by atoms with Crippen LogP contribution in [0.1, 0.15) is 44.6 Å². The molecule has 1 fully saturated rings. The molecule has 1 saturated carbocycles. The monoisotopic (exact) mass is 249 g/mol. The first-order valence-electron chi connectivity index (χ1n) is 7.25. The zero-order valence-electron chi connectivity index (χ0n) is 11.3. The maximum Gasteiger partial charge on any atom is 0.123 e. The second kappa shape index (κ2) is 6.89. The molecule has 0 saturated heterocycles. The second-order valence-electron chi connectivity index (χ2n) is 5.51. The molecule has 0 heterocycles. The third-order valence-electron chi connectivity index (χ3n) is 3.90. The standard InChI is InChI=1S/C16H24FN/c1-2-10-18-16-5-3-4-14(12-16)11-13-6-8-15(17)9-7-13/h6-9,14,16,18H,2-5,10-12H2,1H3. The summed E-state index contributed by atoms with van der Waals surface area (Å²) in [6.45, 7) is 3.35. The van der Waals surface area contributed by atoms with E-state index in [1.54, 1.807) is 12.1 Å². The lowest BCUT2D eigenvalue weighted by Gasteiger charge is -2.30. The highest BCUT2D eigenvalue weighted by Gasteiger charge is 2.21. The van der Waals surface area contributed by atoms with Crippen LogP contribution in [0.5, 0.6) is 0 Å². The van der Waals surface area contributed by atoms with Gasteiger partial charge in [-0.05, 0) is 55.8 Å². The third kappa shape index (κ3) is 4.09. The summed E-state index contributed by atoms with van der Waals surface area (Å²) in [4.78, 5) is 0. The van der Waals surface area contributed by atoms with Crippen molar-refractivity contribution in [2.24, 2.45) is 5.92 Å². The molecule has 18 heavy (non-hydrogen) atoms. The summed E-state index contributed by atoms with van der Waals surface area (Å²) >= 11 is 0. The van der Waals surface area contributed by atoms with Gasteiger partial charge in [-0.25, -0.2) is 4.39 Å². The van der Waals surface area contributed by atoms with Crippen molar-refractivity contribution >= 4 is 0 Å². The van der Waals surface area contributed by atoms with Gasteiger partial charge in [0.05, 0.1) is 0 Å². The molecule has 0 amide bonds. The van der Waals surface area contributed by atoms with Crippen LogP contribution >= 0.6 is 0 Å². The summed E-state index contributed by atoms with van der Waals surface area (Å²) in [6.07, 6.45) is 7.55. The average molecular weight is 249 g/mol. The molecular formula is C16H24FN. The van der Waals surface area contributed by atoms with Gasteiger partial charge in [-0.15, -0.1) is 0 Å². The highest BCUT2D eigenvalue weighted by Crippen LogP contribution is 2.27. The van der Waals surface area contributed by atoms with E-state index in [9.17, 15) is 4.39 Å². The van der Waals surface area contributed by atoms with Gasteiger partial charge in [0.2, 0.25) is 0 Å². The molecule has 0 aliphatic heterocycles. The first kappa shape index (κ1) is 13.5. The fourth-order valence-corrected chi connectivity index (χ4v) is 2.96.